The maximum absolute atomic E-state index is 3.60. The molecule has 0 amide bonds. The molecule has 0 heterocycles. The van der Waals surface area contributed by atoms with E-state index in [9.17, 15) is 0 Å². The highest BCUT2D eigenvalue weighted by atomic mass is 14.8. The second kappa shape index (κ2) is 8.34. The highest BCUT2D eigenvalue weighted by molar-refractivity contribution is 5.23. The Balaban J connectivity index is 1.65. The van der Waals surface area contributed by atoms with Crippen molar-refractivity contribution >= 4 is 0 Å². The Hall–Kier alpha value is -0.860. The summed E-state index contributed by atoms with van der Waals surface area (Å²) in [5.41, 5.74) is 2.77. The molecule has 2 rings (SSSR count). The SMILES string of the molecule is CNCc1cccc(CNCCC2CCCCC2)c1. The predicted molar refractivity (Wildman–Crippen MR) is 82.1 cm³/mol. The summed E-state index contributed by atoms with van der Waals surface area (Å²) < 4.78 is 0. The van der Waals surface area contributed by atoms with Gasteiger partial charge in [0, 0.05) is 13.1 Å². The molecule has 0 spiro atoms. The second-order valence-corrected chi connectivity index (χ2v) is 5.82. The number of hydrogen-bond acceptors (Lipinski definition) is 2. The minimum Gasteiger partial charge on any atom is -0.316 e. The van der Waals surface area contributed by atoms with E-state index in [4.69, 9.17) is 0 Å². The summed E-state index contributed by atoms with van der Waals surface area (Å²) in [7, 11) is 2.00. The molecule has 19 heavy (non-hydrogen) atoms. The van der Waals surface area contributed by atoms with Crippen LogP contribution in [0.15, 0.2) is 24.3 Å². The maximum Gasteiger partial charge on any atom is 0.0205 e. The molecule has 1 aliphatic rings. The number of rotatable bonds is 7. The third kappa shape index (κ3) is 5.33. The standard InChI is InChI=1S/C17H28N2/c1-18-13-16-8-5-9-17(12-16)14-19-11-10-15-6-3-2-4-7-15/h5,8-9,12,15,18-19H,2-4,6-7,10-11,13-14H2,1H3. The molecular weight excluding hydrogens is 232 g/mol. The van der Waals surface area contributed by atoms with Crippen LogP contribution in [0.5, 0.6) is 0 Å². The second-order valence-electron chi connectivity index (χ2n) is 5.82. The van der Waals surface area contributed by atoms with Crippen LogP contribution in [0.2, 0.25) is 0 Å². The van der Waals surface area contributed by atoms with E-state index >= 15 is 0 Å². The van der Waals surface area contributed by atoms with Crippen molar-refractivity contribution in [1.29, 1.82) is 0 Å². The van der Waals surface area contributed by atoms with E-state index in [0.717, 1.165) is 19.0 Å². The monoisotopic (exact) mass is 260 g/mol. The van der Waals surface area contributed by atoms with E-state index in [1.54, 1.807) is 0 Å². The van der Waals surface area contributed by atoms with Crippen LogP contribution in [-0.4, -0.2) is 13.6 Å². The molecule has 0 bridgehead atoms. The zero-order valence-corrected chi connectivity index (χ0v) is 12.3. The summed E-state index contributed by atoms with van der Waals surface area (Å²) in [6, 6.07) is 8.85. The van der Waals surface area contributed by atoms with E-state index in [-0.39, 0.29) is 0 Å². The van der Waals surface area contributed by atoms with E-state index in [1.165, 1.54) is 56.2 Å². The van der Waals surface area contributed by atoms with Crippen molar-refractivity contribution in [2.75, 3.05) is 13.6 Å². The zero-order valence-electron chi connectivity index (χ0n) is 12.3. The van der Waals surface area contributed by atoms with Crippen LogP contribution in [0.4, 0.5) is 0 Å². The Bertz CT molecular complexity index is 356. The van der Waals surface area contributed by atoms with Gasteiger partial charge in [-0.3, -0.25) is 0 Å². The lowest BCUT2D eigenvalue weighted by Crippen LogP contribution is -2.19. The molecule has 0 aliphatic heterocycles. The van der Waals surface area contributed by atoms with Gasteiger partial charge in [-0.15, -0.1) is 0 Å². The van der Waals surface area contributed by atoms with Gasteiger partial charge in [0.05, 0.1) is 0 Å². The van der Waals surface area contributed by atoms with Gasteiger partial charge in [-0.05, 0) is 37.1 Å². The Morgan fingerprint density at radius 3 is 2.53 bits per heavy atom. The van der Waals surface area contributed by atoms with E-state index in [2.05, 4.69) is 34.9 Å². The lowest BCUT2D eigenvalue weighted by Gasteiger charge is -2.21. The molecular formula is C17H28N2. The first-order valence-corrected chi connectivity index (χ1v) is 7.81. The van der Waals surface area contributed by atoms with Gasteiger partial charge in [0.25, 0.3) is 0 Å². The van der Waals surface area contributed by atoms with Crippen molar-refractivity contribution in [2.24, 2.45) is 5.92 Å². The van der Waals surface area contributed by atoms with Crippen LogP contribution in [0.25, 0.3) is 0 Å². The Morgan fingerprint density at radius 1 is 1.05 bits per heavy atom. The molecule has 0 atom stereocenters. The molecule has 0 saturated heterocycles. The highest BCUT2D eigenvalue weighted by Gasteiger charge is 2.12. The molecule has 2 heteroatoms. The van der Waals surface area contributed by atoms with Crippen LogP contribution in [0.3, 0.4) is 0 Å². The quantitative estimate of drug-likeness (QED) is 0.734. The third-order valence-corrected chi connectivity index (χ3v) is 4.16. The summed E-state index contributed by atoms with van der Waals surface area (Å²) in [6.07, 6.45) is 8.64. The van der Waals surface area contributed by atoms with E-state index in [0.29, 0.717) is 0 Å². The van der Waals surface area contributed by atoms with Gasteiger partial charge in [-0.2, -0.15) is 0 Å². The number of benzene rings is 1. The Labute approximate surface area is 118 Å². The van der Waals surface area contributed by atoms with Crippen LogP contribution < -0.4 is 10.6 Å². The Kier molecular flexibility index (Phi) is 6.38. The fourth-order valence-corrected chi connectivity index (χ4v) is 3.07. The van der Waals surface area contributed by atoms with Crippen LogP contribution >= 0.6 is 0 Å². The first-order chi connectivity index (χ1) is 9.38. The average Bonchev–Trinajstić information content (AvgIpc) is 2.46. The summed E-state index contributed by atoms with van der Waals surface area (Å²) in [4.78, 5) is 0. The lowest BCUT2D eigenvalue weighted by molar-refractivity contribution is 0.334. The molecule has 0 unspecified atom stereocenters. The first-order valence-electron chi connectivity index (χ1n) is 7.81. The van der Waals surface area contributed by atoms with E-state index in [1.807, 2.05) is 7.05 Å². The predicted octanol–water partition coefficient (Wildman–Crippen LogP) is 3.47. The van der Waals surface area contributed by atoms with Crippen molar-refractivity contribution < 1.29 is 0 Å². The summed E-state index contributed by atoms with van der Waals surface area (Å²) >= 11 is 0. The fourth-order valence-electron chi connectivity index (χ4n) is 3.07. The smallest absolute Gasteiger partial charge is 0.0205 e. The maximum atomic E-state index is 3.60. The van der Waals surface area contributed by atoms with Crippen molar-refractivity contribution in [1.82, 2.24) is 10.6 Å². The average molecular weight is 260 g/mol. The fraction of sp³-hybridized carbons (Fsp3) is 0.647. The number of nitrogens with one attached hydrogen (secondary N) is 2. The molecule has 1 aromatic rings. The lowest BCUT2D eigenvalue weighted by atomic mass is 9.87. The summed E-state index contributed by atoms with van der Waals surface area (Å²) in [6.45, 7) is 3.13. The van der Waals surface area contributed by atoms with Crippen molar-refractivity contribution in [3.05, 3.63) is 35.4 Å². The van der Waals surface area contributed by atoms with Gasteiger partial charge in [0.2, 0.25) is 0 Å². The molecule has 2 nitrogen and oxygen atoms in total. The van der Waals surface area contributed by atoms with Crippen molar-refractivity contribution in [3.8, 4) is 0 Å². The van der Waals surface area contributed by atoms with Crippen LogP contribution in [0, 0.1) is 5.92 Å². The molecule has 0 radical (unpaired) electrons. The van der Waals surface area contributed by atoms with Gasteiger partial charge in [-0.25, -0.2) is 0 Å². The minimum atomic E-state index is 0.954. The van der Waals surface area contributed by atoms with Gasteiger partial charge < -0.3 is 10.6 Å². The van der Waals surface area contributed by atoms with Gasteiger partial charge in [-0.1, -0.05) is 56.4 Å². The van der Waals surface area contributed by atoms with Crippen LogP contribution in [-0.2, 0) is 13.1 Å². The minimum absolute atomic E-state index is 0.954. The van der Waals surface area contributed by atoms with Crippen molar-refractivity contribution in [3.63, 3.8) is 0 Å². The van der Waals surface area contributed by atoms with Gasteiger partial charge in [0.1, 0.15) is 0 Å². The summed E-state index contributed by atoms with van der Waals surface area (Å²) in [5, 5.41) is 6.80. The molecule has 106 valence electrons. The molecule has 0 aromatic heterocycles. The zero-order chi connectivity index (χ0) is 13.3. The Morgan fingerprint density at radius 2 is 1.79 bits per heavy atom. The number of hydrogen-bond donors (Lipinski definition) is 2. The largest absolute Gasteiger partial charge is 0.316 e. The van der Waals surface area contributed by atoms with E-state index < -0.39 is 0 Å². The molecule has 1 fully saturated rings. The summed E-state index contributed by atoms with van der Waals surface area (Å²) in [5.74, 6) is 0.983. The molecule has 2 N–H and O–H groups in total. The van der Waals surface area contributed by atoms with Crippen molar-refractivity contribution in [2.45, 2.75) is 51.6 Å². The normalized spacial score (nSPS) is 16.7. The van der Waals surface area contributed by atoms with Crippen LogP contribution in [0.1, 0.15) is 49.7 Å². The van der Waals surface area contributed by atoms with Gasteiger partial charge in [0.15, 0.2) is 0 Å². The molecule has 1 aromatic carbocycles. The molecule has 1 aliphatic carbocycles. The topological polar surface area (TPSA) is 24.1 Å². The third-order valence-electron chi connectivity index (χ3n) is 4.16. The first kappa shape index (κ1) is 14.5. The molecule has 1 saturated carbocycles. The highest BCUT2D eigenvalue weighted by Crippen LogP contribution is 2.25. The van der Waals surface area contributed by atoms with Gasteiger partial charge >= 0.3 is 0 Å².